The Morgan fingerprint density at radius 1 is 0.434 bits per heavy atom. The molecule has 8 N–H and O–H groups in total. The van der Waals surface area contributed by atoms with Crippen LogP contribution in [0.5, 0.6) is 0 Å². The van der Waals surface area contributed by atoms with E-state index in [0.29, 0.717) is 83.5 Å². The highest BCUT2D eigenvalue weighted by Crippen LogP contribution is 2.31. The van der Waals surface area contributed by atoms with Crippen molar-refractivity contribution < 1.29 is 40.9 Å². The molecule has 0 amide bonds. The third-order valence-electron chi connectivity index (χ3n) is 11.3. The van der Waals surface area contributed by atoms with Crippen molar-refractivity contribution in [1.29, 1.82) is 0 Å². The van der Waals surface area contributed by atoms with Gasteiger partial charge in [0.05, 0.1) is 46.3 Å². The van der Waals surface area contributed by atoms with Crippen LogP contribution in [0.25, 0.3) is 0 Å². The number of allylic oxidation sites excluding steroid dienone is 5. The fourth-order valence-electron chi connectivity index (χ4n) is 7.13. The van der Waals surface area contributed by atoms with E-state index in [4.69, 9.17) is 5.11 Å². The lowest BCUT2D eigenvalue weighted by molar-refractivity contribution is -0.0649. The largest absolute Gasteiger partial charge is 0.392 e. The molecule has 0 spiro atoms. The molecule has 0 aromatic heterocycles. The monoisotopic (exact) mass is 755 g/mol. The highest BCUT2D eigenvalue weighted by atomic mass is 16.3. The molecule has 314 valence electrons. The molecule has 0 aromatic carbocycles. The van der Waals surface area contributed by atoms with Crippen molar-refractivity contribution in [2.75, 3.05) is 6.61 Å². The second-order valence-electron chi connectivity index (χ2n) is 18.9. The van der Waals surface area contributed by atoms with Gasteiger partial charge < -0.3 is 40.9 Å². The third-order valence-corrected chi connectivity index (χ3v) is 11.3. The maximum Gasteiger partial charge on any atom is 0.0849 e. The molecule has 0 aliphatic carbocycles. The van der Waals surface area contributed by atoms with Gasteiger partial charge in [0.2, 0.25) is 0 Å². The van der Waals surface area contributed by atoms with Gasteiger partial charge in [-0.3, -0.25) is 0 Å². The summed E-state index contributed by atoms with van der Waals surface area (Å²) in [7, 11) is 0. The van der Waals surface area contributed by atoms with E-state index in [-0.39, 0.29) is 6.61 Å². The lowest BCUT2D eigenvalue weighted by Crippen LogP contribution is -2.38. The lowest BCUT2D eigenvalue weighted by Gasteiger charge is -2.31. The summed E-state index contributed by atoms with van der Waals surface area (Å²) in [6.07, 6.45) is 20.1. The minimum Gasteiger partial charge on any atom is -0.392 e. The summed E-state index contributed by atoms with van der Waals surface area (Å²) in [5.41, 5.74) is -1.63. The highest BCUT2D eigenvalue weighted by Gasteiger charge is 2.31. The molecule has 0 fully saturated rings. The van der Waals surface area contributed by atoms with Gasteiger partial charge >= 0.3 is 0 Å². The number of aliphatic hydroxyl groups is 8. The maximum absolute atomic E-state index is 11.0. The number of rotatable bonds is 31. The molecule has 0 rings (SSSR count). The first-order chi connectivity index (χ1) is 24.2. The van der Waals surface area contributed by atoms with Crippen LogP contribution in [0.2, 0.25) is 0 Å². The summed E-state index contributed by atoms with van der Waals surface area (Å²) in [5.74, 6) is 0. The Balaban J connectivity index is 4.36. The summed E-state index contributed by atoms with van der Waals surface area (Å²) in [5, 5.41) is 83.6. The van der Waals surface area contributed by atoms with Crippen molar-refractivity contribution in [2.45, 2.75) is 244 Å². The van der Waals surface area contributed by atoms with Crippen LogP contribution in [0.15, 0.2) is 34.9 Å². The predicted octanol–water partition coefficient (Wildman–Crippen LogP) is 8.90. The number of hydrogen-bond donors (Lipinski definition) is 8. The van der Waals surface area contributed by atoms with Crippen molar-refractivity contribution >= 4 is 0 Å². The van der Waals surface area contributed by atoms with Crippen molar-refractivity contribution in [3.8, 4) is 0 Å². The molecule has 6 unspecified atom stereocenters. The molecule has 53 heavy (non-hydrogen) atoms. The zero-order valence-electron chi connectivity index (χ0n) is 35.9. The minimum absolute atomic E-state index is 0.109. The van der Waals surface area contributed by atoms with Gasteiger partial charge in [0.25, 0.3) is 0 Å². The van der Waals surface area contributed by atoms with E-state index < -0.39 is 39.7 Å². The molecule has 0 aliphatic heterocycles. The molecule has 0 bridgehead atoms. The van der Waals surface area contributed by atoms with Crippen molar-refractivity contribution in [2.24, 2.45) is 0 Å². The van der Waals surface area contributed by atoms with Crippen LogP contribution < -0.4 is 0 Å². The van der Waals surface area contributed by atoms with Crippen molar-refractivity contribution in [1.82, 2.24) is 0 Å². The molecule has 0 saturated heterocycles. The summed E-state index contributed by atoms with van der Waals surface area (Å²) >= 11 is 0. The molecular weight excluding hydrogens is 668 g/mol. The Bertz CT molecular complexity index is 1070. The zero-order valence-corrected chi connectivity index (χ0v) is 35.9. The van der Waals surface area contributed by atoms with Crippen LogP contribution in [-0.4, -0.2) is 87.2 Å². The van der Waals surface area contributed by atoms with Gasteiger partial charge in [-0.25, -0.2) is 0 Å². The Hall–Kier alpha value is -1.10. The second-order valence-corrected chi connectivity index (χ2v) is 18.9. The van der Waals surface area contributed by atoms with Gasteiger partial charge in [-0.1, -0.05) is 34.9 Å². The van der Waals surface area contributed by atoms with Gasteiger partial charge in [-0.2, -0.15) is 0 Å². The molecule has 0 radical (unpaired) electrons. The van der Waals surface area contributed by atoms with E-state index in [1.54, 1.807) is 27.7 Å². The molecule has 0 aromatic rings. The first-order valence-electron chi connectivity index (χ1n) is 20.8. The summed E-state index contributed by atoms with van der Waals surface area (Å²) < 4.78 is 0. The van der Waals surface area contributed by atoms with Gasteiger partial charge in [0.15, 0.2) is 0 Å². The van der Waals surface area contributed by atoms with E-state index in [2.05, 4.69) is 32.9 Å². The number of hydrogen-bond acceptors (Lipinski definition) is 8. The Kier molecular flexibility index (Phi) is 24.0. The van der Waals surface area contributed by atoms with E-state index >= 15 is 0 Å². The van der Waals surface area contributed by atoms with Gasteiger partial charge in [0.1, 0.15) is 0 Å². The fraction of sp³-hybridized carbons (Fsp3) is 0.867. The van der Waals surface area contributed by atoms with Gasteiger partial charge in [0, 0.05) is 0 Å². The van der Waals surface area contributed by atoms with Crippen LogP contribution >= 0.6 is 0 Å². The SMILES string of the molecule is C/C(=C\CO)CC/C=C(\C)CC/C=C(\C)CCCC(C)(O)CCCC(C)(O)CCCC(C)(O)CCCC(C)(O)CCCC(C)(O)CCC(O)C(C)(C)O. The molecule has 0 aliphatic rings. The second kappa shape index (κ2) is 24.5. The first kappa shape index (κ1) is 51.9. The van der Waals surface area contributed by atoms with Crippen LogP contribution in [0.4, 0.5) is 0 Å². The van der Waals surface area contributed by atoms with E-state index in [0.717, 1.165) is 51.4 Å². The molecule has 0 saturated carbocycles. The van der Waals surface area contributed by atoms with Crippen LogP contribution in [-0.2, 0) is 0 Å². The average molecular weight is 755 g/mol. The van der Waals surface area contributed by atoms with Crippen molar-refractivity contribution in [3.05, 3.63) is 34.9 Å². The third kappa shape index (κ3) is 28.9. The topological polar surface area (TPSA) is 162 Å². The summed E-state index contributed by atoms with van der Waals surface area (Å²) in [4.78, 5) is 0. The van der Waals surface area contributed by atoms with E-state index in [1.807, 2.05) is 26.8 Å². The van der Waals surface area contributed by atoms with Crippen LogP contribution in [0.3, 0.4) is 0 Å². The number of aliphatic hydroxyl groups excluding tert-OH is 2. The average Bonchev–Trinajstić information content (AvgIpc) is 2.98. The first-order valence-corrected chi connectivity index (χ1v) is 20.8. The Morgan fingerprint density at radius 2 is 0.717 bits per heavy atom. The molecule has 0 heterocycles. The van der Waals surface area contributed by atoms with E-state index in [9.17, 15) is 35.7 Å². The Morgan fingerprint density at radius 3 is 1.04 bits per heavy atom. The zero-order chi connectivity index (χ0) is 41.0. The normalized spacial score (nSPS) is 19.9. The lowest BCUT2D eigenvalue weighted by atomic mass is 9.83. The summed E-state index contributed by atoms with van der Waals surface area (Å²) in [6.45, 7) is 18.7. The van der Waals surface area contributed by atoms with Crippen molar-refractivity contribution in [3.63, 3.8) is 0 Å². The van der Waals surface area contributed by atoms with E-state index in [1.165, 1.54) is 16.7 Å². The maximum atomic E-state index is 11.0. The Labute approximate surface area is 325 Å². The highest BCUT2D eigenvalue weighted by molar-refractivity contribution is 5.06. The van der Waals surface area contributed by atoms with Crippen LogP contribution in [0.1, 0.15) is 204 Å². The quantitative estimate of drug-likeness (QED) is 0.0326. The van der Waals surface area contributed by atoms with Gasteiger partial charge in [-0.05, 0) is 204 Å². The standard InChI is InChI=1S/C45H86O8/c1-36(19-12-21-38(3)24-35-46)18-11-20-37(2)22-13-25-41(6,49)26-14-27-42(7,50)28-15-29-43(8,51)30-16-31-44(9,52)32-17-33-45(10,53)34-23-39(47)40(4,5)48/h19-20,24,39,46-53H,11-18,21-23,25-35H2,1-10H3/b36-19+,37-20+,38-24+. The van der Waals surface area contributed by atoms with Gasteiger partial charge in [-0.15, -0.1) is 0 Å². The predicted molar refractivity (Wildman–Crippen MR) is 221 cm³/mol. The summed E-state index contributed by atoms with van der Waals surface area (Å²) in [6, 6.07) is 0. The molecular formula is C45H86O8. The minimum atomic E-state index is -1.21. The molecule has 6 atom stereocenters. The molecule has 8 nitrogen and oxygen atoms in total. The van der Waals surface area contributed by atoms with Crippen LogP contribution in [0, 0.1) is 0 Å². The smallest absolute Gasteiger partial charge is 0.0849 e. The molecule has 8 heteroatoms. The fourth-order valence-corrected chi connectivity index (χ4v) is 7.13.